The van der Waals surface area contributed by atoms with Crippen molar-refractivity contribution < 1.29 is 0 Å². The van der Waals surface area contributed by atoms with Crippen LogP contribution in [0.2, 0.25) is 0 Å². The van der Waals surface area contributed by atoms with Crippen molar-refractivity contribution in [2.75, 3.05) is 0 Å². The zero-order chi connectivity index (χ0) is 8.53. The second-order valence-corrected chi connectivity index (χ2v) is 3.28. The highest BCUT2D eigenvalue weighted by atomic mass is 14.1. The number of allylic oxidation sites excluding steroid dienone is 1. The lowest BCUT2D eigenvalue weighted by atomic mass is 9.94. The largest absolute Gasteiger partial charge is 0.103 e. The molecule has 0 heterocycles. The summed E-state index contributed by atoms with van der Waals surface area (Å²) in [6, 6.07) is 0. The van der Waals surface area contributed by atoms with E-state index in [1.807, 2.05) is 6.08 Å². The van der Waals surface area contributed by atoms with E-state index in [9.17, 15) is 0 Å². The molecule has 0 heteroatoms. The van der Waals surface area contributed by atoms with Gasteiger partial charge in [-0.1, -0.05) is 45.6 Å². The van der Waals surface area contributed by atoms with Gasteiger partial charge in [-0.05, 0) is 18.8 Å². The van der Waals surface area contributed by atoms with Gasteiger partial charge in [0.25, 0.3) is 0 Å². The summed E-state index contributed by atoms with van der Waals surface area (Å²) in [4.78, 5) is 0. The van der Waals surface area contributed by atoms with Crippen molar-refractivity contribution in [3.8, 4) is 0 Å². The van der Waals surface area contributed by atoms with Gasteiger partial charge in [-0.25, -0.2) is 0 Å². The van der Waals surface area contributed by atoms with Gasteiger partial charge in [0.1, 0.15) is 0 Å². The number of hydrogen-bond acceptors (Lipinski definition) is 0. The SMILES string of the molecule is C=CCCC(CC)CCCC. The van der Waals surface area contributed by atoms with E-state index in [1.165, 1.54) is 38.5 Å². The van der Waals surface area contributed by atoms with Crippen LogP contribution >= 0.6 is 0 Å². The first-order chi connectivity index (χ1) is 5.35. The van der Waals surface area contributed by atoms with Crippen LogP contribution in [0.25, 0.3) is 0 Å². The van der Waals surface area contributed by atoms with Crippen LogP contribution in [0.15, 0.2) is 12.7 Å². The molecule has 0 aliphatic heterocycles. The third-order valence-corrected chi connectivity index (χ3v) is 2.32. The minimum absolute atomic E-state index is 0.952. The molecule has 0 N–H and O–H groups in total. The summed E-state index contributed by atoms with van der Waals surface area (Å²) >= 11 is 0. The highest BCUT2D eigenvalue weighted by molar-refractivity contribution is 4.69. The van der Waals surface area contributed by atoms with E-state index < -0.39 is 0 Å². The van der Waals surface area contributed by atoms with Gasteiger partial charge in [-0.15, -0.1) is 6.58 Å². The number of hydrogen-bond donors (Lipinski definition) is 0. The number of rotatable bonds is 7. The van der Waals surface area contributed by atoms with E-state index >= 15 is 0 Å². The molecule has 1 unspecified atom stereocenters. The Morgan fingerprint density at radius 3 is 2.45 bits per heavy atom. The fraction of sp³-hybridized carbons (Fsp3) is 0.818. The van der Waals surface area contributed by atoms with Crippen molar-refractivity contribution in [1.82, 2.24) is 0 Å². The predicted octanol–water partition coefficient (Wildman–Crippen LogP) is 4.17. The van der Waals surface area contributed by atoms with Gasteiger partial charge >= 0.3 is 0 Å². The average molecular weight is 154 g/mol. The van der Waals surface area contributed by atoms with Gasteiger partial charge in [0.05, 0.1) is 0 Å². The first kappa shape index (κ1) is 10.7. The number of unbranched alkanes of at least 4 members (excludes halogenated alkanes) is 1. The van der Waals surface area contributed by atoms with Crippen molar-refractivity contribution in [1.29, 1.82) is 0 Å². The van der Waals surface area contributed by atoms with E-state index in [1.54, 1.807) is 0 Å². The van der Waals surface area contributed by atoms with Crippen LogP contribution in [0.3, 0.4) is 0 Å². The highest BCUT2D eigenvalue weighted by Crippen LogP contribution is 2.18. The predicted molar refractivity (Wildman–Crippen MR) is 52.7 cm³/mol. The lowest BCUT2D eigenvalue weighted by Crippen LogP contribution is -1.97. The van der Waals surface area contributed by atoms with Crippen LogP contribution in [0.1, 0.15) is 52.4 Å². The first-order valence-corrected chi connectivity index (χ1v) is 4.96. The van der Waals surface area contributed by atoms with Gasteiger partial charge in [0.2, 0.25) is 0 Å². The summed E-state index contributed by atoms with van der Waals surface area (Å²) in [6.07, 6.45) is 10.1. The maximum absolute atomic E-state index is 3.75. The Kier molecular flexibility index (Phi) is 7.66. The molecular weight excluding hydrogens is 132 g/mol. The molecule has 0 aliphatic carbocycles. The summed E-state index contributed by atoms with van der Waals surface area (Å²) in [5, 5.41) is 0. The molecule has 0 aromatic rings. The topological polar surface area (TPSA) is 0 Å². The summed E-state index contributed by atoms with van der Waals surface area (Å²) in [6.45, 7) is 8.31. The van der Waals surface area contributed by atoms with Crippen LogP contribution in [-0.4, -0.2) is 0 Å². The normalized spacial score (nSPS) is 12.9. The third kappa shape index (κ3) is 6.15. The summed E-state index contributed by atoms with van der Waals surface area (Å²) in [5.74, 6) is 0.952. The average Bonchev–Trinajstić information content (AvgIpc) is 2.05. The molecule has 0 spiro atoms. The zero-order valence-electron chi connectivity index (χ0n) is 8.10. The minimum Gasteiger partial charge on any atom is -0.103 e. The Bertz CT molecular complexity index is 84.0. The smallest absolute Gasteiger partial charge is 0.0351 e. The fourth-order valence-corrected chi connectivity index (χ4v) is 1.40. The molecule has 0 nitrogen and oxygen atoms in total. The molecule has 66 valence electrons. The molecule has 0 bridgehead atoms. The molecule has 0 saturated heterocycles. The van der Waals surface area contributed by atoms with Crippen molar-refractivity contribution in [2.24, 2.45) is 5.92 Å². The van der Waals surface area contributed by atoms with Crippen LogP contribution in [-0.2, 0) is 0 Å². The third-order valence-electron chi connectivity index (χ3n) is 2.32. The van der Waals surface area contributed by atoms with Crippen molar-refractivity contribution in [3.05, 3.63) is 12.7 Å². The molecule has 0 rings (SSSR count). The second kappa shape index (κ2) is 7.84. The van der Waals surface area contributed by atoms with Gasteiger partial charge < -0.3 is 0 Å². The fourth-order valence-electron chi connectivity index (χ4n) is 1.40. The maximum atomic E-state index is 3.75. The molecular formula is C11H22. The standard InChI is InChI=1S/C11H22/c1-4-7-9-11(6-3)10-8-5-2/h4,11H,1,5-10H2,2-3H3. The monoisotopic (exact) mass is 154 g/mol. The van der Waals surface area contributed by atoms with Crippen LogP contribution < -0.4 is 0 Å². The quantitative estimate of drug-likeness (QED) is 0.483. The molecule has 0 saturated carbocycles. The molecule has 0 aliphatic rings. The van der Waals surface area contributed by atoms with Crippen molar-refractivity contribution in [3.63, 3.8) is 0 Å². The Balaban J connectivity index is 3.32. The maximum Gasteiger partial charge on any atom is -0.0351 e. The molecule has 0 amide bonds. The van der Waals surface area contributed by atoms with E-state index in [0.717, 1.165) is 5.92 Å². The summed E-state index contributed by atoms with van der Waals surface area (Å²) in [5.41, 5.74) is 0. The van der Waals surface area contributed by atoms with E-state index in [4.69, 9.17) is 0 Å². The zero-order valence-corrected chi connectivity index (χ0v) is 8.10. The molecule has 1 atom stereocenters. The second-order valence-electron chi connectivity index (χ2n) is 3.28. The Morgan fingerprint density at radius 1 is 1.27 bits per heavy atom. The first-order valence-electron chi connectivity index (χ1n) is 4.96. The van der Waals surface area contributed by atoms with Crippen LogP contribution in [0.5, 0.6) is 0 Å². The van der Waals surface area contributed by atoms with E-state index in [2.05, 4.69) is 20.4 Å². The van der Waals surface area contributed by atoms with Gasteiger partial charge in [-0.3, -0.25) is 0 Å². The van der Waals surface area contributed by atoms with Crippen LogP contribution in [0.4, 0.5) is 0 Å². The molecule has 0 fully saturated rings. The minimum atomic E-state index is 0.952. The van der Waals surface area contributed by atoms with Crippen molar-refractivity contribution in [2.45, 2.75) is 52.4 Å². The molecule has 0 aromatic heterocycles. The molecule has 0 aromatic carbocycles. The van der Waals surface area contributed by atoms with Crippen molar-refractivity contribution >= 4 is 0 Å². The lowest BCUT2D eigenvalue weighted by molar-refractivity contribution is 0.425. The van der Waals surface area contributed by atoms with E-state index in [0.29, 0.717) is 0 Å². The highest BCUT2D eigenvalue weighted by Gasteiger charge is 2.03. The van der Waals surface area contributed by atoms with Crippen LogP contribution in [0, 0.1) is 5.92 Å². The van der Waals surface area contributed by atoms with Gasteiger partial charge in [-0.2, -0.15) is 0 Å². The van der Waals surface area contributed by atoms with Gasteiger partial charge in [0.15, 0.2) is 0 Å². The van der Waals surface area contributed by atoms with E-state index in [-0.39, 0.29) is 0 Å². The Labute approximate surface area is 71.7 Å². The molecule has 11 heavy (non-hydrogen) atoms. The summed E-state index contributed by atoms with van der Waals surface area (Å²) in [7, 11) is 0. The van der Waals surface area contributed by atoms with Gasteiger partial charge in [0, 0.05) is 0 Å². The molecule has 0 radical (unpaired) electrons. The summed E-state index contributed by atoms with van der Waals surface area (Å²) < 4.78 is 0. The lowest BCUT2D eigenvalue weighted by Gasteiger charge is -2.12. The Hall–Kier alpha value is -0.260. The Morgan fingerprint density at radius 2 is 2.00 bits per heavy atom.